The summed E-state index contributed by atoms with van der Waals surface area (Å²) in [7, 11) is -3.50. The lowest BCUT2D eigenvalue weighted by Crippen LogP contribution is -2.49. The Labute approximate surface area is 212 Å². The van der Waals surface area contributed by atoms with Gasteiger partial charge in [0.2, 0.25) is 10.0 Å². The van der Waals surface area contributed by atoms with Gasteiger partial charge in [-0.05, 0) is 57.2 Å². The van der Waals surface area contributed by atoms with Crippen molar-refractivity contribution in [2.45, 2.75) is 31.7 Å². The summed E-state index contributed by atoms with van der Waals surface area (Å²) in [6, 6.07) is 23.2. The van der Waals surface area contributed by atoms with Crippen LogP contribution in [-0.2, 0) is 10.0 Å². The van der Waals surface area contributed by atoms with Crippen molar-refractivity contribution in [1.82, 2.24) is 19.2 Å². The van der Waals surface area contributed by atoms with E-state index in [1.54, 1.807) is 16.4 Å². The van der Waals surface area contributed by atoms with Gasteiger partial charge in [0.1, 0.15) is 11.6 Å². The predicted molar refractivity (Wildman–Crippen MR) is 144 cm³/mol. The molecule has 0 amide bonds. The number of aromatic nitrogens is 2. The summed E-state index contributed by atoms with van der Waals surface area (Å²) < 4.78 is 27.8. The minimum absolute atomic E-state index is 0.0580. The summed E-state index contributed by atoms with van der Waals surface area (Å²) in [5.41, 5.74) is 4.09. The van der Waals surface area contributed by atoms with Crippen LogP contribution in [0.2, 0.25) is 0 Å². The fourth-order valence-corrected chi connectivity index (χ4v) is 5.93. The van der Waals surface area contributed by atoms with Crippen LogP contribution in [0, 0.1) is 13.8 Å². The van der Waals surface area contributed by atoms with Crippen molar-refractivity contribution in [3.63, 3.8) is 0 Å². The summed E-state index contributed by atoms with van der Waals surface area (Å²) in [4.78, 5) is 12.4. The standard InChI is InChI=1S/C28H31N5O2S/c1-20-8-12-23(13-9-20)29-28-25-6-4-5-7-26(25)30-27(31-28)22(3)32-16-18-33(19-17-32)36(34,35)24-14-10-21(2)11-15-24/h4-15,22H,16-19H2,1-3H3,(H,29,30,31). The van der Waals surface area contributed by atoms with Gasteiger partial charge >= 0.3 is 0 Å². The molecule has 2 heterocycles. The Balaban J connectivity index is 1.35. The number of piperazine rings is 1. The molecule has 4 aromatic rings. The zero-order valence-electron chi connectivity index (χ0n) is 20.8. The van der Waals surface area contributed by atoms with E-state index in [1.807, 2.05) is 55.5 Å². The average Bonchev–Trinajstić information content (AvgIpc) is 2.90. The highest BCUT2D eigenvalue weighted by molar-refractivity contribution is 7.89. The van der Waals surface area contributed by atoms with Crippen LogP contribution in [-0.4, -0.2) is 53.8 Å². The molecule has 8 heteroatoms. The molecule has 1 atom stereocenters. The smallest absolute Gasteiger partial charge is 0.243 e. The molecule has 1 aromatic heterocycles. The van der Waals surface area contributed by atoms with E-state index in [9.17, 15) is 8.42 Å². The molecule has 1 aliphatic rings. The first-order valence-corrected chi connectivity index (χ1v) is 13.7. The molecule has 0 aliphatic carbocycles. The average molecular weight is 502 g/mol. The third-order valence-corrected chi connectivity index (χ3v) is 8.70. The van der Waals surface area contributed by atoms with E-state index in [0.29, 0.717) is 31.1 Å². The van der Waals surface area contributed by atoms with Crippen LogP contribution in [0.15, 0.2) is 77.7 Å². The van der Waals surface area contributed by atoms with Gasteiger partial charge in [-0.2, -0.15) is 4.31 Å². The maximum absolute atomic E-state index is 13.1. The lowest BCUT2D eigenvalue weighted by Gasteiger charge is -2.36. The van der Waals surface area contributed by atoms with Gasteiger partial charge in [0.25, 0.3) is 0 Å². The Morgan fingerprint density at radius 1 is 0.806 bits per heavy atom. The van der Waals surface area contributed by atoms with Crippen LogP contribution in [0.25, 0.3) is 10.9 Å². The topological polar surface area (TPSA) is 78.4 Å². The zero-order chi connectivity index (χ0) is 25.3. The van der Waals surface area contributed by atoms with E-state index >= 15 is 0 Å². The summed E-state index contributed by atoms with van der Waals surface area (Å²) in [5, 5.41) is 4.43. The molecule has 1 fully saturated rings. The van der Waals surface area contributed by atoms with Crippen molar-refractivity contribution in [3.8, 4) is 0 Å². The summed E-state index contributed by atoms with van der Waals surface area (Å²) in [5.74, 6) is 1.49. The van der Waals surface area contributed by atoms with E-state index < -0.39 is 10.0 Å². The molecule has 186 valence electrons. The minimum atomic E-state index is -3.50. The molecule has 5 rings (SSSR count). The van der Waals surface area contributed by atoms with E-state index in [1.165, 1.54) is 5.56 Å². The molecule has 0 bridgehead atoms. The predicted octanol–water partition coefficient (Wildman–Crippen LogP) is 5.06. The van der Waals surface area contributed by atoms with Gasteiger partial charge in [-0.3, -0.25) is 4.90 Å². The Morgan fingerprint density at radius 2 is 1.42 bits per heavy atom. The normalized spacial score (nSPS) is 16.2. The second-order valence-electron chi connectivity index (χ2n) is 9.37. The molecule has 3 aromatic carbocycles. The third kappa shape index (κ3) is 4.97. The van der Waals surface area contributed by atoms with Crippen molar-refractivity contribution >= 4 is 32.4 Å². The number of hydrogen-bond acceptors (Lipinski definition) is 6. The lowest BCUT2D eigenvalue weighted by atomic mass is 10.2. The number of nitrogens with zero attached hydrogens (tertiary/aromatic N) is 4. The highest BCUT2D eigenvalue weighted by Gasteiger charge is 2.31. The number of fused-ring (bicyclic) bond motifs is 1. The first-order chi connectivity index (χ1) is 17.3. The largest absolute Gasteiger partial charge is 0.340 e. The van der Waals surface area contributed by atoms with Gasteiger partial charge in [-0.1, -0.05) is 47.5 Å². The number of hydrogen-bond donors (Lipinski definition) is 1. The molecular formula is C28H31N5O2S. The molecule has 0 radical (unpaired) electrons. The molecule has 1 aliphatic heterocycles. The first kappa shape index (κ1) is 24.4. The van der Waals surface area contributed by atoms with Crippen molar-refractivity contribution in [1.29, 1.82) is 0 Å². The number of para-hydroxylation sites is 1. The Kier molecular flexibility index (Phi) is 6.75. The summed E-state index contributed by atoms with van der Waals surface area (Å²) >= 11 is 0. The lowest BCUT2D eigenvalue weighted by molar-refractivity contribution is 0.141. The Morgan fingerprint density at radius 3 is 2.08 bits per heavy atom. The van der Waals surface area contributed by atoms with E-state index in [0.717, 1.165) is 33.8 Å². The van der Waals surface area contributed by atoms with Crippen LogP contribution in [0.1, 0.15) is 29.9 Å². The Bertz CT molecular complexity index is 1460. The van der Waals surface area contributed by atoms with Crippen LogP contribution in [0.3, 0.4) is 0 Å². The van der Waals surface area contributed by atoms with Gasteiger partial charge in [0.05, 0.1) is 16.5 Å². The number of nitrogens with one attached hydrogen (secondary N) is 1. The van der Waals surface area contributed by atoms with Gasteiger partial charge in [0, 0.05) is 37.3 Å². The fraction of sp³-hybridized carbons (Fsp3) is 0.286. The second-order valence-corrected chi connectivity index (χ2v) is 11.3. The number of rotatable bonds is 6. The van der Waals surface area contributed by atoms with Gasteiger partial charge < -0.3 is 5.32 Å². The van der Waals surface area contributed by atoms with Crippen molar-refractivity contribution in [3.05, 3.63) is 89.7 Å². The number of benzene rings is 3. The SMILES string of the molecule is Cc1ccc(Nc2nc(C(C)N3CCN(S(=O)(=O)c4ccc(C)cc4)CC3)nc3ccccc23)cc1. The monoisotopic (exact) mass is 501 g/mol. The molecule has 0 spiro atoms. The number of aryl methyl sites for hydroxylation is 2. The zero-order valence-corrected chi connectivity index (χ0v) is 21.7. The molecular weight excluding hydrogens is 470 g/mol. The molecule has 1 unspecified atom stereocenters. The molecule has 0 saturated carbocycles. The van der Waals surface area contributed by atoms with Crippen LogP contribution >= 0.6 is 0 Å². The van der Waals surface area contributed by atoms with Gasteiger partial charge in [0.15, 0.2) is 0 Å². The number of sulfonamides is 1. The van der Waals surface area contributed by atoms with Gasteiger partial charge in [-0.25, -0.2) is 18.4 Å². The van der Waals surface area contributed by atoms with Crippen LogP contribution in [0.4, 0.5) is 11.5 Å². The highest BCUT2D eigenvalue weighted by atomic mass is 32.2. The van der Waals surface area contributed by atoms with Crippen LogP contribution in [0.5, 0.6) is 0 Å². The van der Waals surface area contributed by atoms with E-state index in [-0.39, 0.29) is 6.04 Å². The maximum Gasteiger partial charge on any atom is 0.243 e. The Hall–Kier alpha value is -3.33. The number of anilines is 2. The maximum atomic E-state index is 13.1. The van der Waals surface area contributed by atoms with Crippen molar-refractivity contribution in [2.75, 3.05) is 31.5 Å². The highest BCUT2D eigenvalue weighted by Crippen LogP contribution is 2.28. The molecule has 1 saturated heterocycles. The van der Waals surface area contributed by atoms with E-state index in [2.05, 4.69) is 36.2 Å². The molecule has 7 nitrogen and oxygen atoms in total. The van der Waals surface area contributed by atoms with Gasteiger partial charge in [-0.15, -0.1) is 0 Å². The van der Waals surface area contributed by atoms with Crippen molar-refractivity contribution in [2.24, 2.45) is 0 Å². The fourth-order valence-electron chi connectivity index (χ4n) is 4.50. The first-order valence-electron chi connectivity index (χ1n) is 12.2. The molecule has 1 N–H and O–H groups in total. The molecule has 36 heavy (non-hydrogen) atoms. The van der Waals surface area contributed by atoms with Crippen molar-refractivity contribution < 1.29 is 8.42 Å². The second kappa shape index (κ2) is 9.97. The summed E-state index contributed by atoms with van der Waals surface area (Å²) in [6.07, 6.45) is 0. The quantitative estimate of drug-likeness (QED) is 0.398. The van der Waals surface area contributed by atoms with Crippen LogP contribution < -0.4 is 5.32 Å². The van der Waals surface area contributed by atoms with E-state index in [4.69, 9.17) is 9.97 Å². The summed E-state index contributed by atoms with van der Waals surface area (Å²) in [6.45, 7) is 8.20. The third-order valence-electron chi connectivity index (χ3n) is 6.79. The minimum Gasteiger partial charge on any atom is -0.340 e.